The average molecular weight is 287 g/mol. The number of hydrogen-bond acceptors (Lipinski definition) is 1. The van der Waals surface area contributed by atoms with Crippen molar-refractivity contribution in [3.63, 3.8) is 0 Å². The standard InChI is InChI=1S/C13H9Cl2FS/c14-10-3-1-9(2-4-10)8-17-13-6-11(15)5-12(16)7-13/h1-7H,8H2. The van der Waals surface area contributed by atoms with Gasteiger partial charge in [-0.05, 0) is 35.9 Å². The van der Waals surface area contributed by atoms with Gasteiger partial charge in [0.2, 0.25) is 0 Å². The summed E-state index contributed by atoms with van der Waals surface area (Å²) in [5.41, 5.74) is 1.14. The smallest absolute Gasteiger partial charge is 0.125 e. The molecule has 4 heteroatoms. The Bertz CT molecular complexity index is 491. The van der Waals surface area contributed by atoms with Gasteiger partial charge in [0.1, 0.15) is 5.82 Å². The molecule has 2 aromatic carbocycles. The molecule has 0 unspecified atom stereocenters. The fourth-order valence-electron chi connectivity index (χ4n) is 1.36. The molecule has 0 fully saturated rings. The molecule has 0 N–H and O–H groups in total. The van der Waals surface area contributed by atoms with E-state index in [2.05, 4.69) is 0 Å². The highest BCUT2D eigenvalue weighted by Gasteiger charge is 2.01. The van der Waals surface area contributed by atoms with Crippen molar-refractivity contribution in [2.75, 3.05) is 0 Å². The van der Waals surface area contributed by atoms with Gasteiger partial charge in [-0.2, -0.15) is 0 Å². The molecule has 0 aliphatic heterocycles. The first-order valence-corrected chi connectivity index (χ1v) is 6.71. The van der Waals surface area contributed by atoms with E-state index in [4.69, 9.17) is 23.2 Å². The maximum absolute atomic E-state index is 13.1. The quantitative estimate of drug-likeness (QED) is 0.679. The van der Waals surface area contributed by atoms with E-state index in [1.807, 2.05) is 24.3 Å². The zero-order valence-corrected chi connectivity index (χ0v) is 11.1. The van der Waals surface area contributed by atoms with Crippen molar-refractivity contribution < 1.29 is 4.39 Å². The third-order valence-corrected chi connectivity index (χ3v) is 3.67. The Hall–Kier alpha value is -0.700. The number of halogens is 3. The van der Waals surface area contributed by atoms with Crippen LogP contribution in [0.2, 0.25) is 10.0 Å². The van der Waals surface area contributed by atoms with Crippen LogP contribution in [-0.4, -0.2) is 0 Å². The van der Waals surface area contributed by atoms with E-state index < -0.39 is 0 Å². The monoisotopic (exact) mass is 286 g/mol. The third-order valence-electron chi connectivity index (χ3n) is 2.15. The minimum Gasteiger partial charge on any atom is -0.207 e. The predicted molar refractivity (Wildman–Crippen MR) is 72.4 cm³/mol. The molecule has 0 nitrogen and oxygen atoms in total. The number of hydrogen-bond donors (Lipinski definition) is 0. The molecule has 0 atom stereocenters. The summed E-state index contributed by atoms with van der Waals surface area (Å²) in [6.45, 7) is 0. The Morgan fingerprint density at radius 3 is 2.29 bits per heavy atom. The van der Waals surface area contributed by atoms with E-state index >= 15 is 0 Å². The first-order chi connectivity index (χ1) is 8.13. The fourth-order valence-corrected chi connectivity index (χ4v) is 2.70. The predicted octanol–water partition coefficient (Wildman–Crippen LogP) is 5.42. The summed E-state index contributed by atoms with van der Waals surface area (Å²) < 4.78 is 13.1. The van der Waals surface area contributed by atoms with Gasteiger partial charge in [-0.25, -0.2) is 4.39 Å². The lowest BCUT2D eigenvalue weighted by Crippen LogP contribution is -1.82. The SMILES string of the molecule is Fc1cc(Cl)cc(SCc2ccc(Cl)cc2)c1. The Labute approximate surface area is 114 Å². The molecule has 88 valence electrons. The molecule has 2 rings (SSSR count). The summed E-state index contributed by atoms with van der Waals surface area (Å²) >= 11 is 13.1. The summed E-state index contributed by atoms with van der Waals surface area (Å²) in [4.78, 5) is 0.824. The highest BCUT2D eigenvalue weighted by molar-refractivity contribution is 7.98. The van der Waals surface area contributed by atoms with Crippen LogP contribution in [0.4, 0.5) is 4.39 Å². The van der Waals surface area contributed by atoms with Crippen molar-refractivity contribution in [2.45, 2.75) is 10.6 Å². The van der Waals surface area contributed by atoms with Gasteiger partial charge in [0.05, 0.1) is 0 Å². The molecule has 0 radical (unpaired) electrons. The maximum Gasteiger partial charge on any atom is 0.125 e. The van der Waals surface area contributed by atoms with Crippen molar-refractivity contribution in [2.24, 2.45) is 0 Å². The van der Waals surface area contributed by atoms with E-state index in [0.717, 1.165) is 16.2 Å². The van der Waals surface area contributed by atoms with Crippen LogP contribution in [0.15, 0.2) is 47.4 Å². The van der Waals surface area contributed by atoms with Gasteiger partial charge in [-0.15, -0.1) is 11.8 Å². The highest BCUT2D eigenvalue weighted by Crippen LogP contribution is 2.26. The number of thioether (sulfide) groups is 1. The van der Waals surface area contributed by atoms with Gasteiger partial charge in [0, 0.05) is 20.7 Å². The van der Waals surface area contributed by atoms with Crippen molar-refractivity contribution in [1.82, 2.24) is 0 Å². The molecule has 0 aliphatic carbocycles. The Balaban J connectivity index is 2.04. The van der Waals surface area contributed by atoms with Gasteiger partial charge in [-0.1, -0.05) is 35.3 Å². The van der Waals surface area contributed by atoms with Crippen molar-refractivity contribution in [3.8, 4) is 0 Å². The maximum atomic E-state index is 13.1. The second-order valence-corrected chi connectivity index (χ2v) is 5.44. The lowest BCUT2D eigenvalue weighted by Gasteiger charge is -2.03. The normalized spacial score (nSPS) is 10.5. The molecule has 0 spiro atoms. The summed E-state index contributed by atoms with van der Waals surface area (Å²) in [5, 5.41) is 1.14. The van der Waals surface area contributed by atoms with Crippen molar-refractivity contribution in [1.29, 1.82) is 0 Å². The van der Waals surface area contributed by atoms with E-state index in [9.17, 15) is 4.39 Å². The van der Waals surface area contributed by atoms with Gasteiger partial charge in [0.15, 0.2) is 0 Å². The zero-order chi connectivity index (χ0) is 12.3. The number of rotatable bonds is 3. The zero-order valence-electron chi connectivity index (χ0n) is 8.79. The largest absolute Gasteiger partial charge is 0.207 e. The van der Waals surface area contributed by atoms with E-state index in [0.29, 0.717) is 10.0 Å². The Morgan fingerprint density at radius 2 is 1.65 bits per heavy atom. The summed E-state index contributed by atoms with van der Waals surface area (Å²) in [6, 6.07) is 12.1. The van der Waals surface area contributed by atoms with Crippen molar-refractivity contribution in [3.05, 3.63) is 63.9 Å². The molecule has 0 saturated carbocycles. The summed E-state index contributed by atoms with van der Waals surface area (Å²) in [7, 11) is 0. The minimum atomic E-state index is -0.309. The molecule has 0 amide bonds. The van der Waals surface area contributed by atoms with Gasteiger partial charge < -0.3 is 0 Å². The molecule has 0 aromatic heterocycles. The van der Waals surface area contributed by atoms with Gasteiger partial charge in [-0.3, -0.25) is 0 Å². The Morgan fingerprint density at radius 1 is 0.941 bits per heavy atom. The average Bonchev–Trinajstić information content (AvgIpc) is 2.27. The third kappa shape index (κ3) is 3.91. The second-order valence-electron chi connectivity index (χ2n) is 3.52. The van der Waals surface area contributed by atoms with Crippen LogP contribution in [-0.2, 0) is 5.75 Å². The highest BCUT2D eigenvalue weighted by atomic mass is 35.5. The van der Waals surface area contributed by atoms with Crippen molar-refractivity contribution >= 4 is 35.0 Å². The van der Waals surface area contributed by atoms with Crippen LogP contribution in [0.25, 0.3) is 0 Å². The molecule has 17 heavy (non-hydrogen) atoms. The van der Waals surface area contributed by atoms with E-state index in [1.54, 1.807) is 17.8 Å². The molecule has 0 saturated heterocycles. The van der Waals surface area contributed by atoms with E-state index in [1.165, 1.54) is 12.1 Å². The number of benzene rings is 2. The lowest BCUT2D eigenvalue weighted by molar-refractivity contribution is 0.624. The van der Waals surface area contributed by atoms with E-state index in [-0.39, 0.29) is 5.82 Å². The summed E-state index contributed by atoms with van der Waals surface area (Å²) in [5.74, 6) is 0.452. The van der Waals surface area contributed by atoms with Crippen LogP contribution in [0.5, 0.6) is 0 Å². The Kier molecular flexibility index (Phi) is 4.32. The van der Waals surface area contributed by atoms with Gasteiger partial charge >= 0.3 is 0 Å². The van der Waals surface area contributed by atoms with Crippen LogP contribution >= 0.6 is 35.0 Å². The minimum absolute atomic E-state index is 0.309. The molecular formula is C13H9Cl2FS. The fraction of sp³-hybridized carbons (Fsp3) is 0.0769. The lowest BCUT2D eigenvalue weighted by atomic mass is 10.2. The van der Waals surface area contributed by atoms with Crippen LogP contribution in [0.3, 0.4) is 0 Å². The molecule has 0 bridgehead atoms. The molecule has 0 heterocycles. The van der Waals surface area contributed by atoms with Crippen LogP contribution in [0, 0.1) is 5.82 Å². The summed E-state index contributed by atoms with van der Waals surface area (Å²) in [6.07, 6.45) is 0. The first kappa shape index (κ1) is 12.7. The van der Waals surface area contributed by atoms with Crippen LogP contribution < -0.4 is 0 Å². The first-order valence-electron chi connectivity index (χ1n) is 4.97. The van der Waals surface area contributed by atoms with Gasteiger partial charge in [0.25, 0.3) is 0 Å². The molecular weight excluding hydrogens is 278 g/mol. The molecule has 0 aliphatic rings. The van der Waals surface area contributed by atoms with Crippen LogP contribution in [0.1, 0.15) is 5.56 Å². The topological polar surface area (TPSA) is 0 Å². The second kappa shape index (κ2) is 5.76. The molecule has 2 aromatic rings.